The number of aliphatic hydroxyl groups excluding tert-OH is 1. The number of nitrogens with zero attached hydrogens (tertiary/aromatic N) is 6. The number of hydrogen-bond donors (Lipinski definition) is 2. The van der Waals surface area contributed by atoms with Gasteiger partial charge in [-0.15, -0.1) is 17.5 Å². The summed E-state index contributed by atoms with van der Waals surface area (Å²) in [5.41, 5.74) is 3.32. The third-order valence-electron chi connectivity index (χ3n) is 7.09. The Morgan fingerprint density at radius 1 is 1.06 bits per heavy atom. The molecular formula is C25H34ClN7O2. The van der Waals surface area contributed by atoms with Gasteiger partial charge < -0.3 is 25.1 Å². The third-order valence-corrected chi connectivity index (χ3v) is 7.09. The maximum atomic E-state index is 13.0. The molecule has 3 aromatic rings. The number of carbonyl (C=O) groups is 1. The van der Waals surface area contributed by atoms with Gasteiger partial charge in [-0.2, -0.15) is 4.98 Å². The second kappa shape index (κ2) is 10.8. The minimum atomic E-state index is -0.218. The first-order valence-electron chi connectivity index (χ1n) is 12.1. The lowest BCUT2D eigenvalue weighted by molar-refractivity contribution is 0.0659. The molecule has 0 spiro atoms. The van der Waals surface area contributed by atoms with Crippen molar-refractivity contribution in [1.82, 2.24) is 24.4 Å². The van der Waals surface area contributed by atoms with E-state index in [-0.39, 0.29) is 24.4 Å². The molecule has 2 fully saturated rings. The fraction of sp³-hybridized carbons (Fsp3) is 0.480. The molecule has 2 saturated heterocycles. The number of hydrogen-bond acceptors (Lipinski definition) is 7. The van der Waals surface area contributed by atoms with E-state index in [2.05, 4.69) is 27.3 Å². The minimum absolute atomic E-state index is 0. The van der Waals surface area contributed by atoms with Crippen molar-refractivity contribution < 1.29 is 9.90 Å². The fourth-order valence-electron chi connectivity index (χ4n) is 4.88. The van der Waals surface area contributed by atoms with Crippen LogP contribution >= 0.6 is 12.4 Å². The predicted octanol–water partition coefficient (Wildman–Crippen LogP) is 3.02. The largest absolute Gasteiger partial charge is 0.393 e. The van der Waals surface area contributed by atoms with Crippen LogP contribution in [-0.2, 0) is 0 Å². The Labute approximate surface area is 212 Å². The summed E-state index contributed by atoms with van der Waals surface area (Å²) in [6.07, 6.45) is 5.22. The van der Waals surface area contributed by atoms with Crippen LogP contribution < -0.4 is 10.2 Å². The highest BCUT2D eigenvalue weighted by molar-refractivity contribution is 5.94. The van der Waals surface area contributed by atoms with Gasteiger partial charge in [-0.25, -0.2) is 4.52 Å². The highest BCUT2D eigenvalue weighted by atomic mass is 35.5. The molecule has 0 atom stereocenters. The van der Waals surface area contributed by atoms with Gasteiger partial charge in [0, 0.05) is 43.6 Å². The molecule has 188 valence electrons. The van der Waals surface area contributed by atoms with Crippen molar-refractivity contribution in [2.75, 3.05) is 50.5 Å². The standard InChI is InChI=1S/C25H33N7O2.ClH/c1-29-14-9-20(10-15-29)30(2)24(34)18-5-7-19(8-6-18)26-25-27-23-22(4-3-13-32(23)28-25)31-16-11-21(33)12-17-31;/h3-8,13,20-21,33H,9-12,14-17H2,1-2H3,(H,26,28);1H. The normalized spacial score (nSPS) is 17.9. The Morgan fingerprint density at radius 3 is 2.43 bits per heavy atom. The molecule has 1 aromatic carbocycles. The Morgan fingerprint density at radius 2 is 1.74 bits per heavy atom. The van der Waals surface area contributed by atoms with Crippen molar-refractivity contribution in [1.29, 1.82) is 0 Å². The lowest BCUT2D eigenvalue weighted by atomic mass is 10.0. The van der Waals surface area contributed by atoms with Crippen molar-refractivity contribution >= 4 is 41.3 Å². The number of aliphatic hydroxyl groups is 1. The summed E-state index contributed by atoms with van der Waals surface area (Å²) >= 11 is 0. The number of pyridine rings is 1. The van der Waals surface area contributed by atoms with E-state index < -0.39 is 0 Å². The van der Waals surface area contributed by atoms with Crippen LogP contribution in [0.3, 0.4) is 0 Å². The monoisotopic (exact) mass is 499 g/mol. The van der Waals surface area contributed by atoms with E-state index in [9.17, 15) is 9.90 Å². The number of rotatable bonds is 5. The first kappa shape index (κ1) is 25.2. The quantitative estimate of drug-likeness (QED) is 0.557. The Hall–Kier alpha value is -2.88. The second-order valence-corrected chi connectivity index (χ2v) is 9.47. The van der Waals surface area contributed by atoms with Gasteiger partial charge in [0.1, 0.15) is 0 Å². The van der Waals surface area contributed by atoms with Gasteiger partial charge in [-0.1, -0.05) is 0 Å². The average Bonchev–Trinajstić information content (AvgIpc) is 3.27. The van der Waals surface area contributed by atoms with E-state index in [0.717, 1.165) is 68.9 Å². The zero-order valence-corrected chi connectivity index (χ0v) is 21.1. The fourth-order valence-corrected chi connectivity index (χ4v) is 4.88. The average molecular weight is 500 g/mol. The summed E-state index contributed by atoms with van der Waals surface area (Å²) < 4.78 is 1.77. The van der Waals surface area contributed by atoms with Gasteiger partial charge in [-0.05, 0) is 82.2 Å². The van der Waals surface area contributed by atoms with Crippen molar-refractivity contribution in [3.05, 3.63) is 48.2 Å². The number of nitrogens with one attached hydrogen (secondary N) is 1. The molecule has 0 aliphatic carbocycles. The van der Waals surface area contributed by atoms with Crippen LogP contribution in [0.5, 0.6) is 0 Å². The number of amides is 1. The number of likely N-dealkylation sites (tertiary alicyclic amines) is 1. The van der Waals surface area contributed by atoms with Gasteiger partial charge in [0.2, 0.25) is 5.95 Å². The SMILES string of the molecule is CN1CCC(N(C)C(=O)c2ccc(Nc3nc4c(N5CCC(O)CC5)cccn4n3)cc2)CC1.Cl. The van der Waals surface area contributed by atoms with E-state index in [1.54, 1.807) is 4.52 Å². The van der Waals surface area contributed by atoms with Gasteiger partial charge in [0.25, 0.3) is 5.91 Å². The number of piperidine rings is 2. The van der Waals surface area contributed by atoms with Crippen LogP contribution in [0.15, 0.2) is 42.6 Å². The van der Waals surface area contributed by atoms with E-state index >= 15 is 0 Å². The van der Waals surface area contributed by atoms with Crippen LogP contribution in [0.4, 0.5) is 17.3 Å². The number of benzene rings is 1. The number of fused-ring (bicyclic) bond motifs is 1. The van der Waals surface area contributed by atoms with Gasteiger partial charge >= 0.3 is 0 Å². The molecule has 10 heteroatoms. The Balaban J connectivity index is 0.00000289. The van der Waals surface area contributed by atoms with Crippen molar-refractivity contribution in [2.45, 2.75) is 37.8 Å². The van der Waals surface area contributed by atoms with E-state index in [1.807, 2.05) is 54.5 Å². The topological polar surface area (TPSA) is 89.2 Å². The summed E-state index contributed by atoms with van der Waals surface area (Å²) in [7, 11) is 4.03. The summed E-state index contributed by atoms with van der Waals surface area (Å²) in [5.74, 6) is 0.565. The molecule has 0 saturated carbocycles. The van der Waals surface area contributed by atoms with Crippen LogP contribution in [0, 0.1) is 0 Å². The van der Waals surface area contributed by atoms with Crippen LogP contribution in [0.2, 0.25) is 0 Å². The highest BCUT2D eigenvalue weighted by Gasteiger charge is 2.25. The zero-order chi connectivity index (χ0) is 23.7. The number of anilines is 3. The molecule has 2 aliphatic heterocycles. The minimum Gasteiger partial charge on any atom is -0.393 e. The van der Waals surface area contributed by atoms with Crippen molar-refractivity contribution in [2.24, 2.45) is 0 Å². The molecule has 1 amide bonds. The third kappa shape index (κ3) is 5.52. The van der Waals surface area contributed by atoms with Crippen LogP contribution in [0.25, 0.3) is 5.65 Å². The van der Waals surface area contributed by atoms with Gasteiger partial charge in [0.15, 0.2) is 5.65 Å². The summed E-state index contributed by atoms with van der Waals surface area (Å²) in [5, 5.41) is 17.7. The maximum Gasteiger partial charge on any atom is 0.253 e. The lowest BCUT2D eigenvalue weighted by Crippen LogP contribution is -2.44. The molecule has 2 aliphatic rings. The second-order valence-electron chi connectivity index (χ2n) is 9.47. The lowest BCUT2D eigenvalue weighted by Gasteiger charge is -2.35. The number of aromatic nitrogens is 3. The molecular weight excluding hydrogens is 466 g/mol. The van der Waals surface area contributed by atoms with Crippen LogP contribution in [-0.4, -0.2) is 87.8 Å². The molecule has 35 heavy (non-hydrogen) atoms. The summed E-state index contributed by atoms with van der Waals surface area (Å²) in [6, 6.07) is 11.8. The zero-order valence-electron chi connectivity index (χ0n) is 20.3. The molecule has 9 nitrogen and oxygen atoms in total. The van der Waals surface area contributed by atoms with E-state index in [1.165, 1.54) is 0 Å². The highest BCUT2D eigenvalue weighted by Crippen LogP contribution is 2.26. The van der Waals surface area contributed by atoms with Crippen molar-refractivity contribution in [3.8, 4) is 0 Å². The maximum absolute atomic E-state index is 13.0. The van der Waals surface area contributed by atoms with Crippen molar-refractivity contribution in [3.63, 3.8) is 0 Å². The Kier molecular flexibility index (Phi) is 7.78. The van der Waals surface area contributed by atoms with Gasteiger partial charge in [0.05, 0.1) is 11.8 Å². The van der Waals surface area contributed by atoms with E-state index in [0.29, 0.717) is 17.6 Å². The Bertz CT molecular complexity index is 1140. The van der Waals surface area contributed by atoms with E-state index in [4.69, 9.17) is 4.98 Å². The number of carbonyl (C=O) groups excluding carboxylic acids is 1. The number of halogens is 1. The predicted molar refractivity (Wildman–Crippen MR) is 140 cm³/mol. The molecule has 0 radical (unpaired) electrons. The molecule has 5 rings (SSSR count). The van der Waals surface area contributed by atoms with Gasteiger partial charge in [-0.3, -0.25) is 4.79 Å². The summed E-state index contributed by atoms with van der Waals surface area (Å²) in [4.78, 5) is 24.1. The van der Waals surface area contributed by atoms with Crippen LogP contribution in [0.1, 0.15) is 36.0 Å². The first-order valence-corrected chi connectivity index (χ1v) is 12.1. The molecule has 0 unspecified atom stereocenters. The molecule has 0 bridgehead atoms. The molecule has 2 aromatic heterocycles. The summed E-state index contributed by atoms with van der Waals surface area (Å²) in [6.45, 7) is 3.66. The first-order chi connectivity index (χ1) is 16.5. The molecule has 4 heterocycles. The molecule has 2 N–H and O–H groups in total. The smallest absolute Gasteiger partial charge is 0.253 e.